The zero-order valence-corrected chi connectivity index (χ0v) is 17.0. The summed E-state index contributed by atoms with van der Waals surface area (Å²) in [6, 6.07) is 15.3. The molecule has 4 rings (SSSR count). The Bertz CT molecular complexity index is 1080. The second-order valence-corrected chi connectivity index (χ2v) is 8.83. The van der Waals surface area contributed by atoms with E-state index in [1.165, 1.54) is 5.56 Å². The van der Waals surface area contributed by atoms with Crippen molar-refractivity contribution in [3.63, 3.8) is 0 Å². The summed E-state index contributed by atoms with van der Waals surface area (Å²) in [4.78, 5) is 0.269. The van der Waals surface area contributed by atoms with Crippen molar-refractivity contribution in [1.82, 2.24) is 14.5 Å². The van der Waals surface area contributed by atoms with E-state index in [0.717, 1.165) is 16.9 Å². The van der Waals surface area contributed by atoms with E-state index in [4.69, 9.17) is 4.74 Å². The highest BCUT2D eigenvalue weighted by Gasteiger charge is 2.39. The van der Waals surface area contributed by atoms with E-state index in [1.54, 1.807) is 25.3 Å². The Hall–Kier alpha value is -2.64. The normalized spacial score (nSPS) is 17.3. The van der Waals surface area contributed by atoms with Gasteiger partial charge in [0.15, 0.2) is 0 Å². The molecule has 1 unspecified atom stereocenters. The quantitative estimate of drug-likeness (QED) is 0.732. The fourth-order valence-electron chi connectivity index (χ4n) is 3.97. The first-order chi connectivity index (χ1) is 13.4. The van der Waals surface area contributed by atoms with Crippen molar-refractivity contribution in [3.05, 3.63) is 76.6 Å². The predicted molar refractivity (Wildman–Crippen MR) is 107 cm³/mol. The van der Waals surface area contributed by atoms with Gasteiger partial charge in [-0.05, 0) is 49.1 Å². The monoisotopic (exact) mass is 397 g/mol. The molecule has 1 N–H and O–H groups in total. The van der Waals surface area contributed by atoms with Gasteiger partial charge >= 0.3 is 0 Å². The fraction of sp³-hybridized carbons (Fsp3) is 0.286. The Kier molecular flexibility index (Phi) is 4.72. The average Bonchev–Trinajstić information content (AvgIpc) is 3.06. The Morgan fingerprint density at radius 1 is 1.11 bits per heavy atom. The third kappa shape index (κ3) is 3.00. The summed E-state index contributed by atoms with van der Waals surface area (Å²) < 4.78 is 34.2. The summed E-state index contributed by atoms with van der Waals surface area (Å²) in [5.41, 5.74) is 4.15. The van der Waals surface area contributed by atoms with Gasteiger partial charge in [0.05, 0.1) is 24.5 Å². The van der Waals surface area contributed by atoms with Gasteiger partial charge < -0.3 is 4.74 Å². The van der Waals surface area contributed by atoms with E-state index in [-0.39, 0.29) is 4.90 Å². The van der Waals surface area contributed by atoms with Crippen LogP contribution in [0.15, 0.2) is 53.4 Å². The van der Waals surface area contributed by atoms with Crippen LogP contribution in [-0.2, 0) is 16.4 Å². The third-order valence-corrected chi connectivity index (χ3v) is 7.43. The molecule has 6 nitrogen and oxygen atoms in total. The van der Waals surface area contributed by atoms with Gasteiger partial charge in [-0.2, -0.15) is 9.40 Å². The molecular formula is C21H23N3O3S. The Morgan fingerprint density at radius 3 is 2.46 bits per heavy atom. The van der Waals surface area contributed by atoms with E-state index in [0.29, 0.717) is 24.4 Å². The number of aromatic amines is 1. The summed E-state index contributed by atoms with van der Waals surface area (Å²) in [5.74, 6) is 0.740. The van der Waals surface area contributed by atoms with Crippen molar-refractivity contribution >= 4 is 10.0 Å². The number of rotatable bonds is 4. The molecular weight excluding hydrogens is 374 g/mol. The van der Waals surface area contributed by atoms with Crippen molar-refractivity contribution in [2.24, 2.45) is 0 Å². The maximum atomic E-state index is 13.6. The summed E-state index contributed by atoms with van der Waals surface area (Å²) in [7, 11) is -2.11. The molecule has 0 radical (unpaired) electrons. The van der Waals surface area contributed by atoms with Gasteiger partial charge in [0.1, 0.15) is 10.6 Å². The lowest BCUT2D eigenvalue weighted by Gasteiger charge is -2.36. The van der Waals surface area contributed by atoms with Crippen LogP contribution in [0.2, 0.25) is 0 Å². The minimum Gasteiger partial charge on any atom is -0.497 e. The summed E-state index contributed by atoms with van der Waals surface area (Å²) in [6.45, 7) is 3.88. The lowest BCUT2D eigenvalue weighted by Crippen LogP contribution is -2.40. The zero-order valence-electron chi connectivity index (χ0n) is 16.1. The molecule has 0 amide bonds. The maximum Gasteiger partial charge on any atom is 0.247 e. The summed E-state index contributed by atoms with van der Waals surface area (Å²) in [6.07, 6.45) is 0.679. The van der Waals surface area contributed by atoms with Crippen LogP contribution < -0.4 is 4.74 Å². The number of benzene rings is 2. The van der Waals surface area contributed by atoms with Crippen LogP contribution in [0, 0.1) is 13.8 Å². The molecule has 146 valence electrons. The van der Waals surface area contributed by atoms with Crippen molar-refractivity contribution in [3.8, 4) is 5.75 Å². The molecule has 1 aliphatic heterocycles. The van der Waals surface area contributed by atoms with Crippen LogP contribution in [0.3, 0.4) is 0 Å². The van der Waals surface area contributed by atoms with Crippen molar-refractivity contribution in [1.29, 1.82) is 0 Å². The lowest BCUT2D eigenvalue weighted by atomic mass is 9.90. The number of nitrogens with zero attached hydrogens (tertiary/aromatic N) is 2. The van der Waals surface area contributed by atoms with E-state index in [2.05, 4.69) is 16.3 Å². The Balaban J connectivity index is 1.88. The van der Waals surface area contributed by atoms with Gasteiger partial charge in [-0.25, -0.2) is 8.42 Å². The largest absolute Gasteiger partial charge is 0.497 e. The zero-order chi connectivity index (χ0) is 19.9. The molecule has 3 aromatic rings. The predicted octanol–water partition coefficient (Wildman–Crippen LogP) is 3.37. The van der Waals surface area contributed by atoms with Crippen molar-refractivity contribution in [2.45, 2.75) is 31.2 Å². The number of aromatic nitrogens is 2. The van der Waals surface area contributed by atoms with Gasteiger partial charge in [-0.1, -0.05) is 36.4 Å². The fourth-order valence-corrected chi connectivity index (χ4v) is 5.90. The molecule has 1 atom stereocenters. The van der Waals surface area contributed by atoms with E-state index < -0.39 is 16.1 Å². The second kappa shape index (κ2) is 7.07. The maximum absolute atomic E-state index is 13.6. The molecule has 0 aliphatic carbocycles. The molecule has 0 fully saturated rings. The third-order valence-electron chi connectivity index (χ3n) is 5.30. The molecule has 0 saturated carbocycles. The summed E-state index contributed by atoms with van der Waals surface area (Å²) >= 11 is 0. The number of nitrogens with one attached hydrogen (secondary N) is 1. The molecule has 0 saturated heterocycles. The second-order valence-electron chi connectivity index (χ2n) is 7.00. The topological polar surface area (TPSA) is 75.3 Å². The highest BCUT2D eigenvalue weighted by atomic mass is 32.2. The van der Waals surface area contributed by atoms with Crippen LogP contribution in [-0.4, -0.2) is 36.6 Å². The van der Waals surface area contributed by atoms with Gasteiger partial charge in [0.2, 0.25) is 10.0 Å². The smallest absolute Gasteiger partial charge is 0.247 e. The van der Waals surface area contributed by atoms with E-state index in [9.17, 15) is 8.42 Å². The Labute approximate surface area is 165 Å². The molecule has 2 aromatic carbocycles. The van der Waals surface area contributed by atoms with Crippen LogP contribution >= 0.6 is 0 Å². The highest BCUT2D eigenvalue weighted by molar-refractivity contribution is 7.89. The number of hydrogen-bond donors (Lipinski definition) is 1. The number of H-pyrrole nitrogens is 1. The first-order valence-electron chi connectivity index (χ1n) is 9.18. The van der Waals surface area contributed by atoms with Crippen LogP contribution in [0.25, 0.3) is 0 Å². The molecule has 0 spiro atoms. The van der Waals surface area contributed by atoms with Crippen molar-refractivity contribution < 1.29 is 13.2 Å². The van der Waals surface area contributed by atoms with Crippen LogP contribution in [0.5, 0.6) is 5.75 Å². The lowest BCUT2D eigenvalue weighted by molar-refractivity contribution is 0.343. The number of fused-ring (bicyclic) bond motifs is 1. The van der Waals surface area contributed by atoms with Gasteiger partial charge in [0.25, 0.3) is 0 Å². The van der Waals surface area contributed by atoms with E-state index in [1.807, 2.05) is 42.5 Å². The van der Waals surface area contributed by atoms with Crippen LogP contribution in [0.1, 0.15) is 34.1 Å². The Morgan fingerprint density at radius 2 is 1.82 bits per heavy atom. The molecule has 1 aromatic heterocycles. The number of aryl methyl sites for hydroxylation is 2. The molecule has 0 bridgehead atoms. The first kappa shape index (κ1) is 18.7. The molecule has 7 heteroatoms. The number of sulfonamides is 1. The van der Waals surface area contributed by atoms with Gasteiger partial charge in [-0.15, -0.1) is 0 Å². The molecule has 1 aliphatic rings. The first-order valence-corrected chi connectivity index (χ1v) is 10.6. The van der Waals surface area contributed by atoms with Crippen LogP contribution in [0.4, 0.5) is 0 Å². The number of ether oxygens (including phenoxy) is 1. The standard InChI is InChI=1S/C21H23N3O3S/c1-14-21(15(2)23-22-14)28(25,26)24-13-12-16-6-4-5-7-19(16)20(24)17-8-10-18(27-3)11-9-17/h4-11,20H,12-13H2,1-3H3,(H,22,23). The van der Waals surface area contributed by atoms with Gasteiger partial charge in [0, 0.05) is 6.54 Å². The SMILES string of the molecule is COc1ccc(C2c3ccccc3CCN2S(=O)(=O)c2c(C)n[nH]c2C)cc1. The minimum atomic E-state index is -3.73. The summed E-state index contributed by atoms with van der Waals surface area (Å²) in [5, 5.41) is 6.89. The van der Waals surface area contributed by atoms with Gasteiger partial charge in [-0.3, -0.25) is 5.10 Å². The highest BCUT2D eigenvalue weighted by Crippen LogP contribution is 2.39. The minimum absolute atomic E-state index is 0.269. The number of hydrogen-bond acceptors (Lipinski definition) is 4. The van der Waals surface area contributed by atoms with Crippen molar-refractivity contribution in [2.75, 3.05) is 13.7 Å². The van der Waals surface area contributed by atoms with E-state index >= 15 is 0 Å². The average molecular weight is 398 g/mol. The number of methoxy groups -OCH3 is 1. The molecule has 2 heterocycles. The molecule has 28 heavy (non-hydrogen) atoms.